The highest BCUT2D eigenvalue weighted by molar-refractivity contribution is 6.20. The van der Waals surface area contributed by atoms with E-state index in [1.54, 1.807) is 55.6 Å². The normalized spacial score (nSPS) is 15.7. The number of ketones is 1. The lowest BCUT2D eigenvalue weighted by molar-refractivity contribution is -0.117. The fourth-order valence-electron chi connectivity index (χ4n) is 3.83. The Morgan fingerprint density at radius 2 is 1.82 bits per heavy atom. The number of amides is 1. The number of aliphatic hydroxyl groups excluding tert-OH is 1. The molecule has 1 aliphatic rings. The number of Topliss-reactive ketones (excluding diaryl/α,β-unsaturated/α-hetero) is 1. The maximum absolute atomic E-state index is 13.3. The molecule has 2 aromatic carbocycles. The van der Waals surface area contributed by atoms with Crippen molar-refractivity contribution in [2.24, 2.45) is 0 Å². The summed E-state index contributed by atoms with van der Waals surface area (Å²) in [6.07, 6.45) is 1.36. The van der Waals surface area contributed by atoms with Gasteiger partial charge in [-0.2, -0.15) is 0 Å². The first kappa shape index (κ1) is 22.0. The lowest BCUT2D eigenvalue weighted by atomic mass is 9.94. The number of carbonyl (C=O) groups excluding carboxylic acids is 2. The highest BCUT2D eigenvalue weighted by Gasteiger charge is 2.45. The first-order valence-corrected chi connectivity index (χ1v) is 10.3. The largest absolute Gasteiger partial charge is 0.503 e. The van der Waals surface area contributed by atoms with Crippen LogP contribution in [0.1, 0.15) is 29.1 Å². The third kappa shape index (κ3) is 3.91. The van der Waals surface area contributed by atoms with E-state index in [1.807, 2.05) is 6.92 Å². The van der Waals surface area contributed by atoms with Gasteiger partial charge in [0.15, 0.2) is 23.0 Å². The average Bonchev–Trinajstić information content (AvgIpc) is 3.46. The monoisotopic (exact) mass is 449 g/mol. The molecule has 2 heterocycles. The maximum atomic E-state index is 13.3. The highest BCUT2D eigenvalue weighted by atomic mass is 16.5. The van der Waals surface area contributed by atoms with Gasteiger partial charge in [0, 0.05) is 5.69 Å². The third-order valence-electron chi connectivity index (χ3n) is 5.35. The molecular formula is C25H23NO7. The number of carbonyl (C=O) groups is 2. The maximum Gasteiger partial charge on any atom is 0.294 e. The first-order chi connectivity index (χ1) is 16.0. The standard InChI is InChI=1S/C25H23NO7/c1-4-32-20-14-15(7-12-18(20)31-3)22-21(23(27)19-6-5-13-33-19)24(28)25(29)26(22)16-8-10-17(30-2)11-9-16/h5-14,22,28H,4H2,1-3H3. The molecule has 8 heteroatoms. The van der Waals surface area contributed by atoms with E-state index in [-0.39, 0.29) is 11.3 Å². The number of nitrogens with zero attached hydrogens (tertiary/aromatic N) is 1. The van der Waals surface area contributed by atoms with E-state index in [9.17, 15) is 14.7 Å². The van der Waals surface area contributed by atoms with Crippen LogP contribution in [0.4, 0.5) is 5.69 Å². The van der Waals surface area contributed by atoms with Crippen molar-refractivity contribution in [3.05, 3.63) is 83.5 Å². The van der Waals surface area contributed by atoms with Gasteiger partial charge in [0.2, 0.25) is 5.78 Å². The minimum Gasteiger partial charge on any atom is -0.503 e. The molecule has 33 heavy (non-hydrogen) atoms. The number of aliphatic hydroxyl groups is 1. The summed E-state index contributed by atoms with van der Waals surface area (Å²) in [6.45, 7) is 2.23. The summed E-state index contributed by atoms with van der Waals surface area (Å²) in [5, 5.41) is 10.8. The molecule has 1 amide bonds. The summed E-state index contributed by atoms with van der Waals surface area (Å²) in [7, 11) is 3.07. The Bertz CT molecular complexity index is 1200. The van der Waals surface area contributed by atoms with Crippen molar-refractivity contribution in [1.29, 1.82) is 0 Å². The van der Waals surface area contributed by atoms with E-state index in [2.05, 4.69) is 0 Å². The second-order valence-corrected chi connectivity index (χ2v) is 7.19. The van der Waals surface area contributed by atoms with Gasteiger partial charge in [-0.15, -0.1) is 0 Å². The minimum atomic E-state index is -0.923. The number of furan rings is 1. The smallest absolute Gasteiger partial charge is 0.294 e. The van der Waals surface area contributed by atoms with Crippen LogP contribution in [0.25, 0.3) is 0 Å². The molecule has 0 radical (unpaired) electrons. The van der Waals surface area contributed by atoms with Crippen molar-refractivity contribution >= 4 is 17.4 Å². The molecule has 4 rings (SSSR count). The number of anilines is 1. The summed E-state index contributed by atoms with van der Waals surface area (Å²) in [6, 6.07) is 14.0. The quantitative estimate of drug-likeness (QED) is 0.506. The number of methoxy groups -OCH3 is 2. The van der Waals surface area contributed by atoms with E-state index in [0.29, 0.717) is 35.1 Å². The predicted octanol–water partition coefficient (Wildman–Crippen LogP) is 4.48. The Morgan fingerprint density at radius 1 is 1.06 bits per heavy atom. The van der Waals surface area contributed by atoms with Crippen molar-refractivity contribution in [2.75, 3.05) is 25.7 Å². The Kier molecular flexibility index (Phi) is 6.08. The minimum absolute atomic E-state index is 0.0180. The van der Waals surface area contributed by atoms with Crippen LogP contribution in [0.3, 0.4) is 0 Å². The Hall–Kier alpha value is -4.20. The van der Waals surface area contributed by atoms with Gasteiger partial charge in [-0.3, -0.25) is 14.5 Å². The van der Waals surface area contributed by atoms with Crippen LogP contribution >= 0.6 is 0 Å². The van der Waals surface area contributed by atoms with Gasteiger partial charge in [-0.25, -0.2) is 0 Å². The Morgan fingerprint density at radius 3 is 2.42 bits per heavy atom. The second kappa shape index (κ2) is 9.12. The summed E-state index contributed by atoms with van der Waals surface area (Å²) in [4.78, 5) is 27.9. The molecule has 170 valence electrons. The van der Waals surface area contributed by atoms with Crippen molar-refractivity contribution < 1.29 is 33.3 Å². The summed E-state index contributed by atoms with van der Waals surface area (Å²) in [5.41, 5.74) is 0.953. The Balaban J connectivity index is 1.88. The third-order valence-corrected chi connectivity index (χ3v) is 5.35. The lowest BCUT2D eigenvalue weighted by Crippen LogP contribution is -2.31. The molecule has 0 saturated carbocycles. The fourth-order valence-corrected chi connectivity index (χ4v) is 3.83. The van der Waals surface area contributed by atoms with Crippen molar-refractivity contribution in [2.45, 2.75) is 13.0 Å². The van der Waals surface area contributed by atoms with Gasteiger partial charge in [0.25, 0.3) is 5.91 Å². The van der Waals surface area contributed by atoms with E-state index in [4.69, 9.17) is 18.6 Å². The number of rotatable bonds is 8. The zero-order valence-electron chi connectivity index (χ0n) is 18.4. The number of ether oxygens (including phenoxy) is 3. The summed E-state index contributed by atoms with van der Waals surface area (Å²) < 4.78 is 21.5. The zero-order chi connectivity index (χ0) is 23.5. The van der Waals surface area contributed by atoms with Gasteiger partial charge < -0.3 is 23.7 Å². The van der Waals surface area contributed by atoms with Crippen LogP contribution in [0.2, 0.25) is 0 Å². The van der Waals surface area contributed by atoms with Crippen molar-refractivity contribution in [1.82, 2.24) is 0 Å². The SMILES string of the molecule is CCOc1cc(C2C(C(=O)c3ccco3)=C(O)C(=O)N2c2ccc(OC)cc2)ccc1OC. The summed E-state index contributed by atoms with van der Waals surface area (Å²) >= 11 is 0. The van der Waals surface area contributed by atoms with Crippen LogP contribution in [-0.2, 0) is 4.79 Å². The van der Waals surface area contributed by atoms with E-state index in [0.717, 1.165) is 0 Å². The molecule has 0 bridgehead atoms. The second-order valence-electron chi connectivity index (χ2n) is 7.19. The van der Waals surface area contributed by atoms with Gasteiger partial charge in [0.05, 0.1) is 38.7 Å². The molecule has 1 aromatic heterocycles. The van der Waals surface area contributed by atoms with Crippen LogP contribution in [0.15, 0.2) is 76.6 Å². The first-order valence-electron chi connectivity index (χ1n) is 10.3. The van der Waals surface area contributed by atoms with Crippen LogP contribution in [0.5, 0.6) is 17.2 Å². The van der Waals surface area contributed by atoms with E-state index >= 15 is 0 Å². The molecule has 1 unspecified atom stereocenters. The van der Waals surface area contributed by atoms with Gasteiger partial charge >= 0.3 is 0 Å². The topological polar surface area (TPSA) is 98.4 Å². The van der Waals surface area contributed by atoms with Crippen LogP contribution in [-0.4, -0.2) is 37.6 Å². The number of hydrogen-bond acceptors (Lipinski definition) is 7. The van der Waals surface area contributed by atoms with E-state index in [1.165, 1.54) is 24.3 Å². The van der Waals surface area contributed by atoms with Crippen molar-refractivity contribution in [3.8, 4) is 17.2 Å². The number of benzene rings is 2. The molecule has 1 N–H and O–H groups in total. The van der Waals surface area contributed by atoms with Gasteiger partial charge in [-0.1, -0.05) is 6.07 Å². The predicted molar refractivity (Wildman–Crippen MR) is 120 cm³/mol. The van der Waals surface area contributed by atoms with Gasteiger partial charge in [0.1, 0.15) is 5.75 Å². The molecule has 8 nitrogen and oxygen atoms in total. The van der Waals surface area contributed by atoms with Crippen LogP contribution < -0.4 is 19.1 Å². The molecule has 0 spiro atoms. The molecule has 1 atom stereocenters. The molecule has 0 fully saturated rings. The van der Waals surface area contributed by atoms with Crippen molar-refractivity contribution in [3.63, 3.8) is 0 Å². The lowest BCUT2D eigenvalue weighted by Gasteiger charge is -2.27. The molecule has 3 aromatic rings. The molecule has 0 saturated heterocycles. The van der Waals surface area contributed by atoms with Crippen LogP contribution in [0, 0.1) is 0 Å². The average molecular weight is 449 g/mol. The fraction of sp³-hybridized carbons (Fsp3) is 0.200. The van der Waals surface area contributed by atoms with Gasteiger partial charge in [-0.05, 0) is 61.0 Å². The highest BCUT2D eigenvalue weighted by Crippen LogP contribution is 2.44. The Labute approximate surface area is 190 Å². The summed E-state index contributed by atoms with van der Waals surface area (Å²) in [5.74, 6) is -0.331. The molecule has 0 aliphatic carbocycles. The molecule has 1 aliphatic heterocycles. The molecular weight excluding hydrogens is 426 g/mol. The number of hydrogen-bond donors (Lipinski definition) is 1. The van der Waals surface area contributed by atoms with E-state index < -0.39 is 23.5 Å². The zero-order valence-corrected chi connectivity index (χ0v) is 18.4.